The summed E-state index contributed by atoms with van der Waals surface area (Å²) in [5.41, 5.74) is 1.13. The van der Waals surface area contributed by atoms with Gasteiger partial charge in [0.25, 0.3) is 0 Å². The molecule has 2 atom stereocenters. The fraction of sp³-hybridized carbons (Fsp3) is 0.714. The first-order valence-electron chi connectivity index (χ1n) is 7.10. The number of hydrogen-bond acceptors (Lipinski definition) is 6. The van der Waals surface area contributed by atoms with E-state index in [1.54, 1.807) is 7.11 Å². The predicted molar refractivity (Wildman–Crippen MR) is 74.6 cm³/mol. The van der Waals surface area contributed by atoms with Crippen molar-refractivity contribution < 1.29 is 9.47 Å². The Morgan fingerprint density at radius 2 is 2.05 bits per heavy atom. The molecule has 2 saturated heterocycles. The average molecular weight is 278 g/mol. The topological polar surface area (TPSA) is 50.7 Å². The summed E-state index contributed by atoms with van der Waals surface area (Å²) in [4.78, 5) is 13.3. The first-order chi connectivity index (χ1) is 9.74. The fourth-order valence-electron chi connectivity index (χ4n) is 3.12. The zero-order chi connectivity index (χ0) is 13.9. The monoisotopic (exact) mass is 278 g/mol. The van der Waals surface area contributed by atoms with Gasteiger partial charge in [0, 0.05) is 56.1 Å². The highest BCUT2D eigenvalue weighted by Crippen LogP contribution is 2.20. The van der Waals surface area contributed by atoms with Gasteiger partial charge in [-0.3, -0.25) is 4.90 Å². The van der Waals surface area contributed by atoms with Crippen LogP contribution in [0.25, 0.3) is 0 Å². The third kappa shape index (κ3) is 3.08. The van der Waals surface area contributed by atoms with Crippen molar-refractivity contribution in [1.29, 1.82) is 0 Å². The molecule has 2 aliphatic rings. The molecule has 2 fully saturated rings. The molecule has 2 aliphatic heterocycles. The smallest absolute Gasteiger partial charge is 0.316 e. The standard InChI is InChI=1S/C14H22N4O2/c1-17-5-12-7-18(13(8-17)10-20-9-12)6-11-3-15-14(19-2)16-4-11/h3-4,12-13H,5-10H2,1-2H3/t12-,13-/m0/s1. The molecule has 6 nitrogen and oxygen atoms in total. The Labute approximate surface area is 119 Å². The second-order valence-electron chi connectivity index (χ2n) is 5.79. The molecule has 6 heteroatoms. The van der Waals surface area contributed by atoms with E-state index in [1.165, 1.54) is 0 Å². The van der Waals surface area contributed by atoms with Crippen LogP contribution in [-0.2, 0) is 11.3 Å². The first kappa shape index (κ1) is 13.7. The van der Waals surface area contributed by atoms with E-state index >= 15 is 0 Å². The van der Waals surface area contributed by atoms with E-state index in [0.29, 0.717) is 18.0 Å². The summed E-state index contributed by atoms with van der Waals surface area (Å²) in [5, 5.41) is 0. The third-order valence-corrected chi connectivity index (χ3v) is 4.02. The zero-order valence-corrected chi connectivity index (χ0v) is 12.2. The molecular weight excluding hydrogens is 256 g/mol. The first-order valence-corrected chi connectivity index (χ1v) is 7.10. The van der Waals surface area contributed by atoms with Gasteiger partial charge in [0.15, 0.2) is 0 Å². The van der Waals surface area contributed by atoms with Gasteiger partial charge < -0.3 is 14.4 Å². The number of aromatic nitrogens is 2. The predicted octanol–water partition coefficient (Wildman–Crippen LogP) is 0.248. The molecule has 20 heavy (non-hydrogen) atoms. The van der Waals surface area contributed by atoms with Crippen LogP contribution >= 0.6 is 0 Å². The molecule has 1 aromatic heterocycles. The van der Waals surface area contributed by atoms with Gasteiger partial charge >= 0.3 is 6.01 Å². The van der Waals surface area contributed by atoms with E-state index in [0.717, 1.165) is 45.0 Å². The molecule has 2 bridgehead atoms. The summed E-state index contributed by atoms with van der Waals surface area (Å²) >= 11 is 0. The van der Waals surface area contributed by atoms with E-state index in [4.69, 9.17) is 9.47 Å². The van der Waals surface area contributed by atoms with Gasteiger partial charge in [-0.05, 0) is 7.05 Å². The number of ether oxygens (including phenoxy) is 2. The van der Waals surface area contributed by atoms with Crippen molar-refractivity contribution in [2.45, 2.75) is 12.6 Å². The Hall–Kier alpha value is -1.24. The van der Waals surface area contributed by atoms with Crippen LogP contribution in [0.5, 0.6) is 6.01 Å². The van der Waals surface area contributed by atoms with E-state index in [1.807, 2.05) is 12.4 Å². The minimum atomic E-state index is 0.423. The van der Waals surface area contributed by atoms with Gasteiger partial charge in [0.1, 0.15) is 0 Å². The minimum Gasteiger partial charge on any atom is -0.467 e. The molecular formula is C14H22N4O2. The Balaban J connectivity index is 1.71. The van der Waals surface area contributed by atoms with Crippen molar-refractivity contribution in [1.82, 2.24) is 19.8 Å². The van der Waals surface area contributed by atoms with Gasteiger partial charge in [-0.25, -0.2) is 9.97 Å². The average Bonchev–Trinajstić information content (AvgIpc) is 2.69. The van der Waals surface area contributed by atoms with E-state index in [9.17, 15) is 0 Å². The number of fused-ring (bicyclic) bond motifs is 3. The Bertz CT molecular complexity index is 439. The number of hydrogen-bond donors (Lipinski definition) is 0. The molecule has 0 spiro atoms. The molecule has 0 radical (unpaired) electrons. The summed E-state index contributed by atoms with van der Waals surface area (Å²) in [6.07, 6.45) is 3.70. The van der Waals surface area contributed by atoms with Gasteiger partial charge in [0.2, 0.25) is 0 Å². The molecule has 0 unspecified atom stereocenters. The molecule has 0 aliphatic carbocycles. The largest absolute Gasteiger partial charge is 0.467 e. The molecule has 1 aromatic rings. The van der Waals surface area contributed by atoms with Gasteiger partial charge in [-0.2, -0.15) is 0 Å². The summed E-state index contributed by atoms with van der Waals surface area (Å²) in [7, 11) is 3.78. The highest BCUT2D eigenvalue weighted by molar-refractivity contribution is 5.08. The van der Waals surface area contributed by atoms with Crippen LogP contribution < -0.4 is 4.74 Å². The van der Waals surface area contributed by atoms with Gasteiger partial charge in [0.05, 0.1) is 20.3 Å². The molecule has 0 aromatic carbocycles. The molecule has 0 amide bonds. The minimum absolute atomic E-state index is 0.423. The fourth-order valence-corrected chi connectivity index (χ4v) is 3.12. The SMILES string of the molecule is COc1ncc(CN2C[C@H]3COC[C@@H]2CN(C)C3)cn1. The number of methoxy groups -OCH3 is 1. The number of likely N-dealkylation sites (N-methyl/N-ethyl adjacent to an activating group) is 1. The van der Waals surface area contributed by atoms with Crippen LogP contribution in [0.1, 0.15) is 5.56 Å². The number of nitrogens with zero attached hydrogens (tertiary/aromatic N) is 4. The summed E-state index contributed by atoms with van der Waals surface area (Å²) < 4.78 is 10.8. The van der Waals surface area contributed by atoms with Crippen LogP contribution in [0.4, 0.5) is 0 Å². The molecule has 0 saturated carbocycles. The molecule has 3 heterocycles. The van der Waals surface area contributed by atoms with E-state index < -0.39 is 0 Å². The highest BCUT2D eigenvalue weighted by Gasteiger charge is 2.31. The van der Waals surface area contributed by atoms with E-state index in [2.05, 4.69) is 26.8 Å². The second-order valence-corrected chi connectivity index (χ2v) is 5.79. The van der Waals surface area contributed by atoms with Crippen LogP contribution in [0.15, 0.2) is 12.4 Å². The highest BCUT2D eigenvalue weighted by atomic mass is 16.5. The Morgan fingerprint density at radius 3 is 2.80 bits per heavy atom. The lowest BCUT2D eigenvalue weighted by atomic mass is 10.1. The summed E-state index contributed by atoms with van der Waals surface area (Å²) in [5.74, 6) is 0.590. The Kier molecular flexibility index (Phi) is 4.14. The lowest BCUT2D eigenvalue weighted by Gasteiger charge is -2.29. The lowest BCUT2D eigenvalue weighted by Crippen LogP contribution is -2.42. The van der Waals surface area contributed by atoms with Crippen molar-refractivity contribution >= 4 is 0 Å². The molecule has 0 N–H and O–H groups in total. The van der Waals surface area contributed by atoms with Crippen molar-refractivity contribution in [3.63, 3.8) is 0 Å². The van der Waals surface area contributed by atoms with E-state index in [-0.39, 0.29) is 0 Å². The number of rotatable bonds is 3. The van der Waals surface area contributed by atoms with Gasteiger partial charge in [-0.15, -0.1) is 0 Å². The van der Waals surface area contributed by atoms with Crippen molar-refractivity contribution in [3.8, 4) is 6.01 Å². The van der Waals surface area contributed by atoms with Gasteiger partial charge in [-0.1, -0.05) is 0 Å². The Morgan fingerprint density at radius 1 is 1.25 bits per heavy atom. The summed E-state index contributed by atoms with van der Waals surface area (Å²) in [6.45, 7) is 5.83. The van der Waals surface area contributed by atoms with Crippen molar-refractivity contribution in [2.75, 3.05) is 47.0 Å². The zero-order valence-electron chi connectivity index (χ0n) is 12.2. The summed E-state index contributed by atoms with van der Waals surface area (Å²) in [6, 6.07) is 0.876. The lowest BCUT2D eigenvalue weighted by molar-refractivity contribution is 0.0561. The molecule has 3 rings (SSSR count). The van der Waals surface area contributed by atoms with Crippen LogP contribution in [0.3, 0.4) is 0 Å². The quantitative estimate of drug-likeness (QED) is 0.790. The van der Waals surface area contributed by atoms with Crippen LogP contribution in [0.2, 0.25) is 0 Å². The van der Waals surface area contributed by atoms with Crippen LogP contribution in [0, 0.1) is 5.92 Å². The maximum Gasteiger partial charge on any atom is 0.316 e. The van der Waals surface area contributed by atoms with Crippen LogP contribution in [-0.4, -0.2) is 72.8 Å². The third-order valence-electron chi connectivity index (χ3n) is 4.02. The molecule has 110 valence electrons. The van der Waals surface area contributed by atoms with Crippen molar-refractivity contribution in [2.24, 2.45) is 5.92 Å². The maximum absolute atomic E-state index is 5.79. The normalized spacial score (nSPS) is 28.1. The maximum atomic E-state index is 5.79. The van der Waals surface area contributed by atoms with Crippen molar-refractivity contribution in [3.05, 3.63) is 18.0 Å². The second kappa shape index (κ2) is 6.03.